The average molecular weight is 623 g/mol. The number of likely N-dealkylation sites (N-methyl/N-ethyl adjacent to an activating group) is 1. The first kappa shape index (κ1) is 31.7. The van der Waals surface area contributed by atoms with Crippen molar-refractivity contribution < 1.29 is 4.43 Å². The van der Waals surface area contributed by atoms with Crippen LogP contribution in [0, 0.1) is 17.2 Å². The highest BCUT2D eigenvalue weighted by Gasteiger charge is 2.42. The summed E-state index contributed by atoms with van der Waals surface area (Å²) >= 11 is 0. The Morgan fingerprint density at radius 1 is 1.13 bits per heavy atom. The van der Waals surface area contributed by atoms with Gasteiger partial charge in [0, 0.05) is 49.1 Å². The summed E-state index contributed by atoms with van der Waals surface area (Å²) in [6, 6.07) is 13.4. The van der Waals surface area contributed by atoms with E-state index in [1.54, 1.807) is 0 Å². The van der Waals surface area contributed by atoms with Crippen molar-refractivity contribution in [1.29, 1.82) is 5.26 Å². The Bertz CT molecular complexity index is 1620. The lowest BCUT2D eigenvalue weighted by Crippen LogP contribution is -2.45. The Morgan fingerprint density at radius 2 is 1.87 bits per heavy atom. The number of fused-ring (bicyclic) bond motifs is 2. The molecule has 2 aromatic carbocycles. The highest BCUT2D eigenvalue weighted by atomic mass is 28.4. The predicted octanol–water partition coefficient (Wildman–Crippen LogP) is 7.84. The van der Waals surface area contributed by atoms with Crippen molar-refractivity contribution in [2.45, 2.75) is 89.8 Å². The number of hydrogen-bond donors (Lipinski definition) is 2. The molecule has 1 saturated carbocycles. The molecule has 3 heterocycles. The molecular formula is C37H50N6OSi. The number of nitriles is 1. The molecule has 45 heavy (non-hydrogen) atoms. The zero-order chi connectivity index (χ0) is 32.0. The third-order valence-corrected chi connectivity index (χ3v) is 15.3. The lowest BCUT2D eigenvalue weighted by atomic mass is 9.83. The van der Waals surface area contributed by atoms with Crippen molar-refractivity contribution >= 4 is 25.6 Å². The van der Waals surface area contributed by atoms with E-state index in [1.807, 2.05) is 18.3 Å². The highest BCUT2D eigenvalue weighted by molar-refractivity contribution is 6.74. The first-order chi connectivity index (χ1) is 21.3. The van der Waals surface area contributed by atoms with Crippen molar-refractivity contribution in [2.75, 3.05) is 43.9 Å². The zero-order valence-electron chi connectivity index (χ0n) is 28.3. The van der Waals surface area contributed by atoms with Gasteiger partial charge in [0.05, 0.1) is 16.9 Å². The fraction of sp³-hybridized carbons (Fsp3) is 0.541. The molecule has 0 spiro atoms. The topological polar surface area (TPSA) is 86.1 Å². The van der Waals surface area contributed by atoms with Gasteiger partial charge in [0.25, 0.3) is 0 Å². The zero-order valence-corrected chi connectivity index (χ0v) is 29.3. The second-order valence-electron chi connectivity index (χ2n) is 15.5. The third-order valence-electron chi connectivity index (χ3n) is 10.8. The lowest BCUT2D eigenvalue weighted by Gasteiger charge is -2.39. The van der Waals surface area contributed by atoms with Gasteiger partial charge in [0.2, 0.25) is 5.95 Å². The molecule has 0 bridgehead atoms. The summed E-state index contributed by atoms with van der Waals surface area (Å²) in [5.74, 6) is 1.47. The van der Waals surface area contributed by atoms with Crippen LogP contribution in [-0.2, 0) is 29.1 Å². The second-order valence-corrected chi connectivity index (χ2v) is 20.3. The Hall–Kier alpha value is -3.25. The normalized spacial score (nSPS) is 20.1. The summed E-state index contributed by atoms with van der Waals surface area (Å²) in [5.41, 5.74) is 9.59. The number of benzene rings is 2. The van der Waals surface area contributed by atoms with Gasteiger partial charge in [-0.1, -0.05) is 46.6 Å². The van der Waals surface area contributed by atoms with Crippen LogP contribution < -0.4 is 10.6 Å². The van der Waals surface area contributed by atoms with Crippen molar-refractivity contribution in [3.63, 3.8) is 0 Å². The van der Waals surface area contributed by atoms with Gasteiger partial charge in [-0.15, -0.1) is 0 Å². The van der Waals surface area contributed by atoms with Crippen molar-refractivity contribution in [1.82, 2.24) is 14.9 Å². The van der Waals surface area contributed by atoms with Crippen molar-refractivity contribution in [3.8, 4) is 17.3 Å². The van der Waals surface area contributed by atoms with Crippen LogP contribution in [-0.4, -0.2) is 56.5 Å². The molecule has 1 aliphatic carbocycles. The van der Waals surface area contributed by atoms with Crippen LogP contribution in [0.15, 0.2) is 36.5 Å². The molecule has 3 aromatic rings. The number of nitrogens with zero attached hydrogens (tertiary/aromatic N) is 4. The van der Waals surface area contributed by atoms with E-state index in [2.05, 4.69) is 92.6 Å². The van der Waals surface area contributed by atoms with Crippen molar-refractivity contribution in [2.24, 2.45) is 5.92 Å². The quantitative estimate of drug-likeness (QED) is 0.235. The predicted molar refractivity (Wildman–Crippen MR) is 187 cm³/mol. The standard InChI is InChI=1S/C37H50N6OSi/c1-36(2,3)45(6,7)44-24-37(4)23-40-34-30(22-38)19-29(20-31(34)37)32-12-15-39-35(41-32)42-33-21-27-14-17-43(5)16-13-26(27)18-28(33)11-10-25-8-9-25/h12,15,18-21,25,40H,8-11,13-14,16-17,23-24H2,1-7H3,(H,39,41,42)/t37-/m1/s1. The monoisotopic (exact) mass is 622 g/mol. The minimum absolute atomic E-state index is 0.133. The van der Waals surface area contributed by atoms with Gasteiger partial charge < -0.3 is 20.0 Å². The van der Waals surface area contributed by atoms with Crippen LogP contribution in [0.3, 0.4) is 0 Å². The Labute approximate surface area is 271 Å². The van der Waals surface area contributed by atoms with Gasteiger partial charge in [0.15, 0.2) is 8.32 Å². The second kappa shape index (κ2) is 12.2. The lowest BCUT2D eigenvalue weighted by molar-refractivity contribution is 0.220. The summed E-state index contributed by atoms with van der Waals surface area (Å²) < 4.78 is 6.72. The Morgan fingerprint density at radius 3 is 2.56 bits per heavy atom. The number of rotatable bonds is 9. The van der Waals surface area contributed by atoms with Crippen LogP contribution >= 0.6 is 0 Å². The summed E-state index contributed by atoms with van der Waals surface area (Å²) in [4.78, 5) is 12.1. The molecule has 0 radical (unpaired) electrons. The van der Waals surface area contributed by atoms with E-state index in [1.165, 1.54) is 36.0 Å². The molecule has 0 unspecified atom stereocenters. The molecule has 238 valence electrons. The number of nitrogens with one attached hydrogen (secondary N) is 2. The molecule has 1 fully saturated rings. The van der Waals surface area contributed by atoms with Gasteiger partial charge in [-0.2, -0.15) is 5.26 Å². The number of anilines is 3. The molecule has 1 atom stereocenters. The van der Waals surface area contributed by atoms with E-state index in [0.717, 1.165) is 73.0 Å². The fourth-order valence-electron chi connectivity index (χ4n) is 6.34. The molecule has 0 saturated heterocycles. The molecule has 1 aromatic heterocycles. The molecule has 7 nitrogen and oxygen atoms in total. The van der Waals surface area contributed by atoms with Crippen molar-refractivity contribution in [3.05, 3.63) is 64.3 Å². The molecule has 0 amide bonds. The van der Waals surface area contributed by atoms with Gasteiger partial charge in [-0.3, -0.25) is 0 Å². The molecule has 3 aliphatic rings. The fourth-order valence-corrected chi connectivity index (χ4v) is 7.45. The third kappa shape index (κ3) is 6.81. The number of aromatic nitrogens is 2. The SMILES string of the molecule is CN1CCc2cc(CCC3CC3)c(Nc3nccc(-c4cc(C#N)c5c(c4)[C@@](C)(CO[Si](C)(C)C(C)(C)C)CN5)n3)cc2CC1. The van der Waals surface area contributed by atoms with E-state index in [9.17, 15) is 5.26 Å². The van der Waals surface area contributed by atoms with Crippen LogP contribution in [0.25, 0.3) is 11.3 Å². The molecule has 2 N–H and O–H groups in total. The summed E-state index contributed by atoms with van der Waals surface area (Å²) in [7, 11) is 0.279. The van der Waals surface area contributed by atoms with Crippen LogP contribution in [0.5, 0.6) is 0 Å². The van der Waals surface area contributed by atoms with E-state index in [-0.39, 0.29) is 10.5 Å². The van der Waals surface area contributed by atoms with Crippen LogP contribution in [0.2, 0.25) is 18.1 Å². The smallest absolute Gasteiger partial charge is 0.227 e. The van der Waals surface area contributed by atoms with Crippen LogP contribution in [0.1, 0.15) is 74.8 Å². The number of hydrogen-bond acceptors (Lipinski definition) is 7. The minimum atomic E-state index is -1.94. The van der Waals surface area contributed by atoms with Gasteiger partial charge in [0.1, 0.15) is 6.07 Å². The van der Waals surface area contributed by atoms with Gasteiger partial charge >= 0.3 is 0 Å². The molecule has 8 heteroatoms. The van der Waals surface area contributed by atoms with Gasteiger partial charge in [-0.05, 0) is 103 Å². The first-order valence-electron chi connectivity index (χ1n) is 16.8. The van der Waals surface area contributed by atoms with Gasteiger partial charge in [-0.25, -0.2) is 9.97 Å². The van der Waals surface area contributed by atoms with Crippen LogP contribution in [0.4, 0.5) is 17.3 Å². The van der Waals surface area contributed by atoms with E-state index >= 15 is 0 Å². The summed E-state index contributed by atoms with van der Waals surface area (Å²) in [6.45, 7) is 17.2. The molecule has 6 rings (SSSR count). The highest BCUT2D eigenvalue weighted by Crippen LogP contribution is 2.44. The van der Waals surface area contributed by atoms with E-state index < -0.39 is 8.32 Å². The largest absolute Gasteiger partial charge is 0.416 e. The maximum absolute atomic E-state index is 10.2. The Kier molecular flexibility index (Phi) is 8.57. The number of aryl methyl sites for hydroxylation is 1. The minimum Gasteiger partial charge on any atom is -0.416 e. The average Bonchev–Trinajstić information content (AvgIpc) is 3.80. The maximum Gasteiger partial charge on any atom is 0.227 e. The molecule has 2 aliphatic heterocycles. The van der Waals surface area contributed by atoms with E-state index in [4.69, 9.17) is 9.41 Å². The Balaban J connectivity index is 1.30. The molecular weight excluding hydrogens is 573 g/mol. The summed E-state index contributed by atoms with van der Waals surface area (Å²) in [6.07, 6.45) is 9.04. The van der Waals surface area contributed by atoms with E-state index in [0.29, 0.717) is 18.1 Å². The first-order valence-corrected chi connectivity index (χ1v) is 19.7. The maximum atomic E-state index is 10.2. The summed E-state index contributed by atoms with van der Waals surface area (Å²) in [5, 5.41) is 17.4.